The Balaban J connectivity index is 1.85. The van der Waals surface area contributed by atoms with E-state index in [4.69, 9.17) is 9.47 Å². The van der Waals surface area contributed by atoms with Crippen molar-refractivity contribution in [2.75, 3.05) is 39.5 Å². The molecule has 1 aliphatic heterocycles. The highest BCUT2D eigenvalue weighted by atomic mass is 16.5. The molecular weight excluding hydrogens is 178 g/mol. The number of rotatable bonds is 7. The van der Waals surface area contributed by atoms with Crippen LogP contribution in [0.1, 0.15) is 12.8 Å². The molecule has 1 aliphatic rings. The minimum atomic E-state index is 0.619. The van der Waals surface area contributed by atoms with Crippen LogP contribution in [0.25, 0.3) is 0 Å². The third-order valence-electron chi connectivity index (χ3n) is 2.36. The van der Waals surface area contributed by atoms with Crippen LogP contribution in [0.5, 0.6) is 0 Å². The lowest BCUT2D eigenvalue weighted by Gasteiger charge is -2.22. The summed E-state index contributed by atoms with van der Waals surface area (Å²) in [7, 11) is 0. The Morgan fingerprint density at radius 2 is 2.21 bits per heavy atom. The maximum atomic E-state index is 5.52. The van der Waals surface area contributed by atoms with E-state index in [2.05, 4.69) is 11.9 Å². The highest BCUT2D eigenvalue weighted by Crippen LogP contribution is 2.09. The summed E-state index contributed by atoms with van der Waals surface area (Å²) in [5.41, 5.74) is 0. The van der Waals surface area contributed by atoms with Crippen molar-refractivity contribution in [1.29, 1.82) is 0 Å². The third-order valence-corrected chi connectivity index (χ3v) is 2.36. The minimum absolute atomic E-state index is 0.619. The molecule has 1 N–H and O–H groups in total. The van der Waals surface area contributed by atoms with E-state index in [1.54, 1.807) is 6.08 Å². The summed E-state index contributed by atoms with van der Waals surface area (Å²) in [6.07, 6.45) is 4.33. The van der Waals surface area contributed by atoms with Crippen molar-refractivity contribution in [1.82, 2.24) is 5.32 Å². The Labute approximate surface area is 86.5 Å². The van der Waals surface area contributed by atoms with E-state index in [1.807, 2.05) is 0 Å². The first-order valence-corrected chi connectivity index (χ1v) is 5.40. The number of ether oxygens (including phenoxy) is 2. The Morgan fingerprint density at radius 1 is 1.36 bits per heavy atom. The molecule has 3 heteroatoms. The van der Waals surface area contributed by atoms with Crippen LogP contribution in [0.2, 0.25) is 0 Å². The predicted molar refractivity (Wildman–Crippen MR) is 57.4 cm³/mol. The van der Waals surface area contributed by atoms with E-state index >= 15 is 0 Å². The van der Waals surface area contributed by atoms with Gasteiger partial charge in [0, 0.05) is 6.54 Å². The molecule has 1 heterocycles. The van der Waals surface area contributed by atoms with Gasteiger partial charge in [-0.15, -0.1) is 6.58 Å². The lowest BCUT2D eigenvalue weighted by Crippen LogP contribution is -2.32. The second-order valence-electron chi connectivity index (χ2n) is 3.65. The summed E-state index contributed by atoms with van der Waals surface area (Å²) in [4.78, 5) is 0. The Kier molecular flexibility index (Phi) is 6.66. The van der Waals surface area contributed by atoms with Crippen LogP contribution in [0.4, 0.5) is 0 Å². The fourth-order valence-corrected chi connectivity index (χ4v) is 1.60. The van der Waals surface area contributed by atoms with Crippen molar-refractivity contribution < 1.29 is 9.47 Å². The van der Waals surface area contributed by atoms with Crippen molar-refractivity contribution in [3.8, 4) is 0 Å². The lowest BCUT2D eigenvalue weighted by molar-refractivity contribution is 0.0377. The maximum Gasteiger partial charge on any atom is 0.0704 e. The molecule has 1 saturated heterocycles. The second-order valence-corrected chi connectivity index (χ2v) is 3.65. The van der Waals surface area contributed by atoms with Crippen LogP contribution in [0.15, 0.2) is 12.7 Å². The SMILES string of the molecule is C=CCOCCOC[C@H]1CCCNC1. The summed E-state index contributed by atoms with van der Waals surface area (Å²) in [6, 6.07) is 0. The van der Waals surface area contributed by atoms with Crippen LogP contribution in [-0.2, 0) is 9.47 Å². The van der Waals surface area contributed by atoms with Gasteiger partial charge in [0.2, 0.25) is 0 Å². The molecule has 1 rings (SSSR count). The molecular formula is C11H21NO2. The van der Waals surface area contributed by atoms with Gasteiger partial charge in [0.05, 0.1) is 26.4 Å². The zero-order chi connectivity index (χ0) is 10.1. The molecule has 0 spiro atoms. The molecule has 0 aromatic rings. The van der Waals surface area contributed by atoms with Crippen LogP contribution in [0, 0.1) is 5.92 Å². The molecule has 82 valence electrons. The Bertz CT molecular complexity index is 144. The molecule has 0 bridgehead atoms. The molecule has 0 aromatic carbocycles. The van der Waals surface area contributed by atoms with Crippen molar-refractivity contribution in [3.63, 3.8) is 0 Å². The highest BCUT2D eigenvalue weighted by molar-refractivity contribution is 4.68. The fourth-order valence-electron chi connectivity index (χ4n) is 1.60. The Morgan fingerprint density at radius 3 is 2.93 bits per heavy atom. The summed E-state index contributed by atoms with van der Waals surface area (Å²) < 4.78 is 10.7. The largest absolute Gasteiger partial charge is 0.379 e. The smallest absolute Gasteiger partial charge is 0.0704 e. The van der Waals surface area contributed by atoms with Crippen LogP contribution < -0.4 is 5.32 Å². The van der Waals surface area contributed by atoms with Gasteiger partial charge in [-0.2, -0.15) is 0 Å². The van der Waals surface area contributed by atoms with Gasteiger partial charge in [0.15, 0.2) is 0 Å². The zero-order valence-electron chi connectivity index (χ0n) is 8.84. The van der Waals surface area contributed by atoms with Gasteiger partial charge in [-0.25, -0.2) is 0 Å². The topological polar surface area (TPSA) is 30.5 Å². The molecule has 1 fully saturated rings. The van der Waals surface area contributed by atoms with E-state index in [1.165, 1.54) is 19.4 Å². The summed E-state index contributed by atoms with van der Waals surface area (Å²) >= 11 is 0. The molecule has 0 aromatic heterocycles. The predicted octanol–water partition coefficient (Wildman–Crippen LogP) is 1.21. The van der Waals surface area contributed by atoms with Gasteiger partial charge < -0.3 is 14.8 Å². The first kappa shape index (κ1) is 11.7. The number of piperidine rings is 1. The molecule has 3 nitrogen and oxygen atoms in total. The molecule has 1 atom stereocenters. The monoisotopic (exact) mass is 199 g/mol. The molecule has 0 aliphatic carbocycles. The fraction of sp³-hybridized carbons (Fsp3) is 0.818. The first-order chi connectivity index (χ1) is 6.93. The van der Waals surface area contributed by atoms with Crippen LogP contribution in [0.3, 0.4) is 0 Å². The molecule has 14 heavy (non-hydrogen) atoms. The van der Waals surface area contributed by atoms with Crippen molar-refractivity contribution in [2.45, 2.75) is 12.8 Å². The highest BCUT2D eigenvalue weighted by Gasteiger charge is 2.12. The van der Waals surface area contributed by atoms with E-state index in [0.717, 1.165) is 13.2 Å². The average molecular weight is 199 g/mol. The first-order valence-electron chi connectivity index (χ1n) is 5.40. The number of nitrogens with one attached hydrogen (secondary N) is 1. The minimum Gasteiger partial charge on any atom is -0.379 e. The molecule has 0 amide bonds. The summed E-state index contributed by atoms with van der Waals surface area (Å²) in [5, 5.41) is 3.37. The van der Waals surface area contributed by atoms with Gasteiger partial charge in [0.25, 0.3) is 0 Å². The maximum absolute atomic E-state index is 5.52. The molecule has 0 unspecified atom stereocenters. The lowest BCUT2D eigenvalue weighted by atomic mass is 10.0. The third kappa shape index (κ3) is 5.37. The van der Waals surface area contributed by atoms with Crippen molar-refractivity contribution in [2.24, 2.45) is 5.92 Å². The summed E-state index contributed by atoms with van der Waals surface area (Å²) in [5.74, 6) is 0.697. The molecule has 0 saturated carbocycles. The van der Waals surface area contributed by atoms with Gasteiger partial charge >= 0.3 is 0 Å². The van der Waals surface area contributed by atoms with Crippen LogP contribution >= 0.6 is 0 Å². The summed E-state index contributed by atoms with van der Waals surface area (Å²) in [6.45, 7) is 8.70. The van der Waals surface area contributed by atoms with E-state index in [-0.39, 0.29) is 0 Å². The second kappa shape index (κ2) is 7.97. The average Bonchev–Trinajstić information content (AvgIpc) is 2.25. The van der Waals surface area contributed by atoms with Gasteiger partial charge in [-0.05, 0) is 25.3 Å². The zero-order valence-corrected chi connectivity index (χ0v) is 8.84. The van der Waals surface area contributed by atoms with Gasteiger partial charge in [-0.1, -0.05) is 6.08 Å². The van der Waals surface area contributed by atoms with Gasteiger partial charge in [-0.3, -0.25) is 0 Å². The quantitative estimate of drug-likeness (QED) is 0.494. The number of hydrogen-bond donors (Lipinski definition) is 1. The molecule has 0 radical (unpaired) electrons. The van der Waals surface area contributed by atoms with E-state index < -0.39 is 0 Å². The normalized spacial score (nSPS) is 22.1. The van der Waals surface area contributed by atoms with Gasteiger partial charge in [0.1, 0.15) is 0 Å². The van der Waals surface area contributed by atoms with Crippen molar-refractivity contribution >= 4 is 0 Å². The standard InChI is InChI=1S/C11H21NO2/c1-2-6-13-7-8-14-10-11-4-3-5-12-9-11/h2,11-12H,1,3-10H2/t11-/m0/s1. The Hall–Kier alpha value is -0.380. The van der Waals surface area contributed by atoms with Crippen LogP contribution in [-0.4, -0.2) is 39.5 Å². The van der Waals surface area contributed by atoms with Crippen molar-refractivity contribution in [3.05, 3.63) is 12.7 Å². The van der Waals surface area contributed by atoms with E-state index in [0.29, 0.717) is 25.7 Å². The van der Waals surface area contributed by atoms with E-state index in [9.17, 15) is 0 Å². The number of hydrogen-bond acceptors (Lipinski definition) is 3.